The van der Waals surface area contributed by atoms with Gasteiger partial charge in [0.25, 0.3) is 0 Å². The van der Waals surface area contributed by atoms with Gasteiger partial charge in [-0.1, -0.05) is 11.6 Å². The van der Waals surface area contributed by atoms with E-state index >= 15 is 0 Å². The van der Waals surface area contributed by atoms with Crippen LogP contribution in [0.1, 0.15) is 24.4 Å². The molecule has 1 aliphatic heterocycles. The van der Waals surface area contributed by atoms with E-state index in [1.54, 1.807) is 6.26 Å². The molecule has 1 aromatic heterocycles. The fourth-order valence-electron chi connectivity index (χ4n) is 1.34. The minimum atomic E-state index is 0.545. The molecule has 1 unspecified atom stereocenters. The number of hydrogen-bond donors (Lipinski definition) is 0. The van der Waals surface area contributed by atoms with E-state index < -0.39 is 0 Å². The molecule has 0 aromatic carbocycles. The molecule has 1 atom stereocenters. The van der Waals surface area contributed by atoms with E-state index in [0.717, 1.165) is 17.9 Å². The maximum Gasteiger partial charge on any atom is 0.117 e. The molecule has 0 aliphatic carbocycles. The van der Waals surface area contributed by atoms with E-state index in [2.05, 4.69) is 19.1 Å². The molecule has 0 radical (unpaired) electrons. The van der Waals surface area contributed by atoms with E-state index in [4.69, 9.17) is 4.42 Å². The van der Waals surface area contributed by atoms with E-state index in [1.807, 2.05) is 17.8 Å². The molecule has 2 rings (SSSR count). The van der Waals surface area contributed by atoms with Gasteiger partial charge in [-0.05, 0) is 25.5 Å². The average Bonchev–Trinajstić information content (AvgIpc) is 2.58. The van der Waals surface area contributed by atoms with Gasteiger partial charge in [0.2, 0.25) is 0 Å². The highest BCUT2D eigenvalue weighted by Crippen LogP contribution is 2.37. The van der Waals surface area contributed by atoms with Gasteiger partial charge in [0.05, 0.1) is 11.5 Å². The van der Waals surface area contributed by atoms with Crippen molar-refractivity contribution >= 4 is 11.8 Å². The molecule has 2 heteroatoms. The van der Waals surface area contributed by atoms with Crippen molar-refractivity contribution in [3.8, 4) is 0 Å². The first-order valence-electron chi connectivity index (χ1n) is 4.17. The predicted octanol–water partition coefficient (Wildman–Crippen LogP) is 3.40. The van der Waals surface area contributed by atoms with Crippen LogP contribution in [-0.4, -0.2) is 5.75 Å². The van der Waals surface area contributed by atoms with E-state index in [9.17, 15) is 0 Å². The molecule has 0 spiro atoms. The molecular formula is C10H12OS. The van der Waals surface area contributed by atoms with E-state index in [0.29, 0.717) is 5.25 Å². The highest BCUT2D eigenvalue weighted by molar-refractivity contribution is 7.99. The number of rotatable bonds is 1. The Morgan fingerprint density at radius 3 is 3.08 bits per heavy atom. The van der Waals surface area contributed by atoms with Crippen LogP contribution >= 0.6 is 11.8 Å². The van der Waals surface area contributed by atoms with Crippen molar-refractivity contribution in [3.05, 3.63) is 35.8 Å². The van der Waals surface area contributed by atoms with Gasteiger partial charge in [-0.3, -0.25) is 0 Å². The predicted molar refractivity (Wildman–Crippen MR) is 52.3 cm³/mol. The first-order chi connectivity index (χ1) is 5.86. The molecule has 1 aromatic rings. The zero-order chi connectivity index (χ0) is 8.39. The SMILES string of the molecule is CC1=CCC(c2ccco2)SC1. The lowest BCUT2D eigenvalue weighted by Crippen LogP contribution is -1.99. The lowest BCUT2D eigenvalue weighted by Gasteiger charge is -2.17. The minimum absolute atomic E-state index is 0.545. The van der Waals surface area contributed by atoms with Crippen LogP contribution in [0.3, 0.4) is 0 Å². The Morgan fingerprint density at radius 1 is 1.58 bits per heavy atom. The van der Waals surface area contributed by atoms with Crippen LogP contribution in [0.15, 0.2) is 34.5 Å². The molecule has 64 valence electrons. The molecule has 12 heavy (non-hydrogen) atoms. The van der Waals surface area contributed by atoms with Gasteiger partial charge in [0.15, 0.2) is 0 Å². The second kappa shape index (κ2) is 3.40. The zero-order valence-electron chi connectivity index (χ0n) is 7.12. The summed E-state index contributed by atoms with van der Waals surface area (Å²) in [5.41, 5.74) is 1.49. The second-order valence-corrected chi connectivity index (χ2v) is 4.29. The average molecular weight is 180 g/mol. The fourth-order valence-corrected chi connectivity index (χ4v) is 2.45. The van der Waals surface area contributed by atoms with Gasteiger partial charge in [0.1, 0.15) is 5.76 Å². The maximum absolute atomic E-state index is 5.36. The van der Waals surface area contributed by atoms with Gasteiger partial charge in [-0.25, -0.2) is 0 Å². The maximum atomic E-state index is 5.36. The lowest BCUT2D eigenvalue weighted by molar-refractivity contribution is 0.505. The molecule has 0 bridgehead atoms. The fraction of sp³-hybridized carbons (Fsp3) is 0.400. The van der Waals surface area contributed by atoms with Gasteiger partial charge in [0, 0.05) is 5.75 Å². The van der Waals surface area contributed by atoms with Crippen molar-refractivity contribution in [2.24, 2.45) is 0 Å². The Bertz CT molecular complexity index is 274. The summed E-state index contributed by atoms with van der Waals surface area (Å²) in [6.07, 6.45) is 5.18. The van der Waals surface area contributed by atoms with Crippen LogP contribution in [0.4, 0.5) is 0 Å². The molecule has 0 saturated heterocycles. The highest BCUT2D eigenvalue weighted by atomic mass is 32.2. The highest BCUT2D eigenvalue weighted by Gasteiger charge is 2.16. The van der Waals surface area contributed by atoms with Gasteiger partial charge in [-0.15, -0.1) is 11.8 Å². The quantitative estimate of drug-likeness (QED) is 0.614. The lowest BCUT2D eigenvalue weighted by atomic mass is 10.2. The Kier molecular flexibility index (Phi) is 2.26. The summed E-state index contributed by atoms with van der Waals surface area (Å²) in [6.45, 7) is 2.19. The third kappa shape index (κ3) is 1.58. The summed E-state index contributed by atoms with van der Waals surface area (Å²) in [5.74, 6) is 2.26. The second-order valence-electron chi connectivity index (χ2n) is 3.10. The molecule has 1 aliphatic rings. The minimum Gasteiger partial charge on any atom is -0.468 e. The summed E-state index contributed by atoms with van der Waals surface area (Å²) in [5, 5.41) is 0.545. The van der Waals surface area contributed by atoms with Crippen molar-refractivity contribution in [2.75, 3.05) is 5.75 Å². The molecule has 0 amide bonds. The van der Waals surface area contributed by atoms with Crippen LogP contribution in [-0.2, 0) is 0 Å². The normalized spacial score (nSPS) is 23.8. The smallest absolute Gasteiger partial charge is 0.117 e. The first-order valence-corrected chi connectivity index (χ1v) is 5.22. The van der Waals surface area contributed by atoms with Crippen molar-refractivity contribution < 1.29 is 4.42 Å². The van der Waals surface area contributed by atoms with Gasteiger partial charge in [-0.2, -0.15) is 0 Å². The molecule has 0 N–H and O–H groups in total. The Hall–Kier alpha value is -0.630. The van der Waals surface area contributed by atoms with Crippen molar-refractivity contribution in [3.63, 3.8) is 0 Å². The van der Waals surface area contributed by atoms with Crippen molar-refractivity contribution in [1.82, 2.24) is 0 Å². The third-order valence-electron chi connectivity index (χ3n) is 2.05. The van der Waals surface area contributed by atoms with Crippen LogP contribution < -0.4 is 0 Å². The first kappa shape index (κ1) is 7.99. The summed E-state index contributed by atoms with van der Waals surface area (Å²) in [6, 6.07) is 4.02. The molecular weight excluding hydrogens is 168 g/mol. The van der Waals surface area contributed by atoms with E-state index in [-0.39, 0.29) is 0 Å². The molecule has 1 nitrogen and oxygen atoms in total. The van der Waals surface area contributed by atoms with Crippen LogP contribution in [0.25, 0.3) is 0 Å². The van der Waals surface area contributed by atoms with Crippen LogP contribution in [0.5, 0.6) is 0 Å². The summed E-state index contributed by atoms with van der Waals surface area (Å²) >= 11 is 1.97. The Balaban J connectivity index is 2.09. The Labute approximate surface area is 76.8 Å². The van der Waals surface area contributed by atoms with Crippen molar-refractivity contribution in [2.45, 2.75) is 18.6 Å². The largest absolute Gasteiger partial charge is 0.468 e. The van der Waals surface area contributed by atoms with E-state index in [1.165, 1.54) is 5.57 Å². The van der Waals surface area contributed by atoms with Crippen LogP contribution in [0.2, 0.25) is 0 Å². The number of allylic oxidation sites excluding steroid dienone is 1. The monoisotopic (exact) mass is 180 g/mol. The standard InChI is InChI=1S/C10H12OS/c1-8-4-5-10(12-7-8)9-3-2-6-11-9/h2-4,6,10H,5,7H2,1H3. The van der Waals surface area contributed by atoms with Crippen molar-refractivity contribution in [1.29, 1.82) is 0 Å². The third-order valence-corrected chi connectivity index (χ3v) is 3.50. The number of hydrogen-bond acceptors (Lipinski definition) is 2. The molecule has 2 heterocycles. The van der Waals surface area contributed by atoms with Gasteiger partial charge >= 0.3 is 0 Å². The summed E-state index contributed by atoms with van der Waals surface area (Å²) in [7, 11) is 0. The summed E-state index contributed by atoms with van der Waals surface area (Å²) in [4.78, 5) is 0. The zero-order valence-corrected chi connectivity index (χ0v) is 7.93. The topological polar surface area (TPSA) is 13.1 Å². The molecule has 0 saturated carbocycles. The number of furan rings is 1. The number of thioether (sulfide) groups is 1. The Morgan fingerprint density at radius 2 is 2.50 bits per heavy atom. The van der Waals surface area contributed by atoms with Gasteiger partial charge < -0.3 is 4.42 Å². The summed E-state index contributed by atoms with van der Waals surface area (Å²) < 4.78 is 5.36. The van der Waals surface area contributed by atoms with Crippen LogP contribution in [0, 0.1) is 0 Å². The molecule has 0 fully saturated rings.